The SMILES string of the molecule is N=C(N)c1ccc(Sc2nnnn2C2CC2)c(F)c1. The van der Waals surface area contributed by atoms with Crippen molar-refractivity contribution < 1.29 is 4.39 Å². The zero-order chi connectivity index (χ0) is 13.4. The van der Waals surface area contributed by atoms with Crippen LogP contribution in [0.3, 0.4) is 0 Å². The Balaban J connectivity index is 1.86. The summed E-state index contributed by atoms with van der Waals surface area (Å²) in [4.78, 5) is 0.418. The molecule has 0 aliphatic heterocycles. The quantitative estimate of drug-likeness (QED) is 0.654. The lowest BCUT2D eigenvalue weighted by Gasteiger charge is -2.05. The first-order valence-corrected chi connectivity index (χ1v) is 6.56. The second kappa shape index (κ2) is 4.61. The van der Waals surface area contributed by atoms with E-state index in [1.165, 1.54) is 17.8 Å². The second-order valence-corrected chi connectivity index (χ2v) is 5.31. The average Bonchev–Trinajstić information content (AvgIpc) is 3.12. The van der Waals surface area contributed by atoms with E-state index in [9.17, 15) is 4.39 Å². The van der Waals surface area contributed by atoms with E-state index in [2.05, 4.69) is 15.5 Å². The Labute approximate surface area is 112 Å². The van der Waals surface area contributed by atoms with Gasteiger partial charge in [-0.25, -0.2) is 9.07 Å². The van der Waals surface area contributed by atoms with E-state index >= 15 is 0 Å². The molecule has 1 fully saturated rings. The molecule has 1 saturated carbocycles. The third-order valence-corrected chi connectivity index (χ3v) is 3.80. The molecule has 0 bridgehead atoms. The molecular formula is C11H11FN6S. The minimum Gasteiger partial charge on any atom is -0.384 e. The number of hydrogen-bond donors (Lipinski definition) is 2. The summed E-state index contributed by atoms with van der Waals surface area (Å²) in [6, 6.07) is 4.79. The Bertz CT molecular complexity index is 636. The fourth-order valence-electron chi connectivity index (χ4n) is 1.65. The summed E-state index contributed by atoms with van der Waals surface area (Å²) in [5.41, 5.74) is 5.68. The van der Waals surface area contributed by atoms with Crippen LogP contribution in [0.1, 0.15) is 24.4 Å². The Morgan fingerprint density at radius 3 is 2.89 bits per heavy atom. The third-order valence-electron chi connectivity index (χ3n) is 2.80. The van der Waals surface area contributed by atoms with Crippen LogP contribution < -0.4 is 5.73 Å². The van der Waals surface area contributed by atoms with Gasteiger partial charge in [-0.15, -0.1) is 5.10 Å². The van der Waals surface area contributed by atoms with E-state index in [4.69, 9.17) is 11.1 Å². The van der Waals surface area contributed by atoms with Gasteiger partial charge in [-0.2, -0.15) is 0 Å². The van der Waals surface area contributed by atoms with Gasteiger partial charge >= 0.3 is 0 Å². The van der Waals surface area contributed by atoms with Crippen molar-refractivity contribution in [3.8, 4) is 0 Å². The summed E-state index contributed by atoms with van der Waals surface area (Å²) in [6.45, 7) is 0. The zero-order valence-electron chi connectivity index (χ0n) is 9.88. The van der Waals surface area contributed by atoms with Crippen molar-refractivity contribution in [2.75, 3.05) is 0 Å². The summed E-state index contributed by atoms with van der Waals surface area (Å²) in [6.07, 6.45) is 2.12. The van der Waals surface area contributed by atoms with Gasteiger partial charge in [-0.1, -0.05) is 0 Å². The van der Waals surface area contributed by atoms with Gasteiger partial charge in [0.1, 0.15) is 11.7 Å². The highest BCUT2D eigenvalue weighted by atomic mass is 32.2. The van der Waals surface area contributed by atoms with Crippen LogP contribution in [0.4, 0.5) is 4.39 Å². The first-order chi connectivity index (χ1) is 9.15. The number of amidine groups is 1. The fourth-order valence-corrected chi connectivity index (χ4v) is 2.50. The molecule has 0 atom stereocenters. The monoisotopic (exact) mass is 278 g/mol. The minimum absolute atomic E-state index is 0.154. The largest absolute Gasteiger partial charge is 0.384 e. The summed E-state index contributed by atoms with van der Waals surface area (Å²) < 4.78 is 15.6. The molecule has 0 saturated heterocycles. The highest BCUT2D eigenvalue weighted by Gasteiger charge is 2.28. The van der Waals surface area contributed by atoms with E-state index < -0.39 is 5.82 Å². The Kier molecular flexibility index (Phi) is 2.94. The number of nitrogens with two attached hydrogens (primary N) is 1. The maximum absolute atomic E-state index is 13.9. The zero-order valence-corrected chi connectivity index (χ0v) is 10.7. The van der Waals surface area contributed by atoms with Crippen molar-refractivity contribution in [3.63, 3.8) is 0 Å². The molecule has 3 N–H and O–H groups in total. The average molecular weight is 278 g/mol. The predicted octanol–water partition coefficient (Wildman–Crippen LogP) is 1.58. The number of benzene rings is 1. The fraction of sp³-hybridized carbons (Fsp3) is 0.273. The van der Waals surface area contributed by atoms with Crippen LogP contribution in [0.2, 0.25) is 0 Å². The Hall–Kier alpha value is -1.96. The van der Waals surface area contributed by atoms with E-state index in [1.54, 1.807) is 16.8 Å². The first kappa shape index (κ1) is 12.1. The normalized spacial score (nSPS) is 14.6. The maximum Gasteiger partial charge on any atom is 0.214 e. The van der Waals surface area contributed by atoms with Crippen LogP contribution in [-0.2, 0) is 0 Å². The van der Waals surface area contributed by atoms with Crippen molar-refractivity contribution in [1.82, 2.24) is 20.2 Å². The van der Waals surface area contributed by atoms with Gasteiger partial charge in [-0.3, -0.25) is 5.41 Å². The molecule has 1 heterocycles. The van der Waals surface area contributed by atoms with E-state index in [0.29, 0.717) is 21.7 Å². The van der Waals surface area contributed by atoms with Gasteiger partial charge in [0.05, 0.1) is 10.9 Å². The molecular weight excluding hydrogens is 267 g/mol. The molecule has 1 aromatic heterocycles. The first-order valence-electron chi connectivity index (χ1n) is 5.75. The second-order valence-electron chi connectivity index (χ2n) is 4.30. The van der Waals surface area contributed by atoms with E-state index in [0.717, 1.165) is 12.8 Å². The van der Waals surface area contributed by atoms with E-state index in [1.807, 2.05) is 0 Å². The topological polar surface area (TPSA) is 93.5 Å². The molecule has 98 valence electrons. The van der Waals surface area contributed by atoms with Crippen molar-refractivity contribution in [2.45, 2.75) is 28.9 Å². The number of rotatable bonds is 4. The van der Waals surface area contributed by atoms with Crippen molar-refractivity contribution in [2.24, 2.45) is 5.73 Å². The number of nitrogens with zero attached hydrogens (tertiary/aromatic N) is 4. The van der Waals surface area contributed by atoms with Crippen LogP contribution in [0.5, 0.6) is 0 Å². The van der Waals surface area contributed by atoms with Crippen LogP contribution in [0.15, 0.2) is 28.3 Å². The number of tetrazole rings is 1. The number of halogens is 1. The number of nitrogen functional groups attached to an aromatic ring is 1. The van der Waals surface area contributed by atoms with E-state index in [-0.39, 0.29) is 5.84 Å². The summed E-state index contributed by atoms with van der Waals surface area (Å²) in [5.74, 6) is -0.582. The van der Waals surface area contributed by atoms with Crippen LogP contribution in [0.25, 0.3) is 0 Å². The Morgan fingerprint density at radius 2 is 2.26 bits per heavy atom. The van der Waals surface area contributed by atoms with Crippen molar-refractivity contribution in [3.05, 3.63) is 29.6 Å². The smallest absolute Gasteiger partial charge is 0.214 e. The van der Waals surface area contributed by atoms with Gasteiger partial charge in [-0.05, 0) is 53.2 Å². The number of aromatic nitrogens is 4. The lowest BCUT2D eigenvalue weighted by atomic mass is 10.2. The van der Waals surface area contributed by atoms with Crippen LogP contribution in [0, 0.1) is 11.2 Å². The molecule has 0 spiro atoms. The van der Waals surface area contributed by atoms with Gasteiger partial charge in [0.2, 0.25) is 5.16 Å². The van der Waals surface area contributed by atoms with Crippen LogP contribution >= 0.6 is 11.8 Å². The molecule has 0 amide bonds. The molecule has 1 aliphatic carbocycles. The predicted molar refractivity (Wildman–Crippen MR) is 67.6 cm³/mol. The molecule has 19 heavy (non-hydrogen) atoms. The molecule has 3 rings (SSSR count). The van der Waals surface area contributed by atoms with Crippen LogP contribution in [-0.4, -0.2) is 26.0 Å². The summed E-state index contributed by atoms with van der Waals surface area (Å²) in [5, 5.41) is 19.3. The molecule has 0 radical (unpaired) electrons. The lowest BCUT2D eigenvalue weighted by molar-refractivity contribution is 0.563. The van der Waals surface area contributed by atoms with Gasteiger partial charge in [0.15, 0.2) is 0 Å². The Morgan fingerprint density at radius 1 is 1.47 bits per heavy atom. The molecule has 6 nitrogen and oxygen atoms in total. The van der Waals surface area contributed by atoms with Gasteiger partial charge in [0.25, 0.3) is 0 Å². The van der Waals surface area contributed by atoms with Gasteiger partial charge in [0, 0.05) is 5.56 Å². The summed E-state index contributed by atoms with van der Waals surface area (Å²) in [7, 11) is 0. The molecule has 8 heteroatoms. The van der Waals surface area contributed by atoms with Gasteiger partial charge < -0.3 is 5.73 Å². The van der Waals surface area contributed by atoms with Crippen molar-refractivity contribution >= 4 is 17.6 Å². The third kappa shape index (κ3) is 2.43. The molecule has 1 aliphatic rings. The number of nitrogens with one attached hydrogen (secondary N) is 1. The highest BCUT2D eigenvalue weighted by molar-refractivity contribution is 7.99. The molecule has 1 aromatic carbocycles. The molecule has 2 aromatic rings. The molecule has 0 unspecified atom stereocenters. The lowest BCUT2D eigenvalue weighted by Crippen LogP contribution is -2.11. The number of hydrogen-bond acceptors (Lipinski definition) is 5. The standard InChI is InChI=1S/C11H11FN6S/c12-8-5-6(10(13)14)1-4-9(8)19-11-15-16-17-18(11)7-2-3-7/h1,4-5,7H,2-3H2,(H3,13,14). The maximum atomic E-state index is 13.9. The minimum atomic E-state index is -0.428. The summed E-state index contributed by atoms with van der Waals surface area (Å²) >= 11 is 1.18. The van der Waals surface area contributed by atoms with Crippen molar-refractivity contribution in [1.29, 1.82) is 5.41 Å². The highest BCUT2D eigenvalue weighted by Crippen LogP contribution is 2.38.